The first kappa shape index (κ1) is 52.7. The highest BCUT2D eigenvalue weighted by Gasteiger charge is 2.21. The van der Waals surface area contributed by atoms with Gasteiger partial charge in [0, 0.05) is 12.8 Å². The first-order valence-electron chi connectivity index (χ1n) is 21.1. The van der Waals surface area contributed by atoms with Gasteiger partial charge in [-0.1, -0.05) is 126 Å². The molecule has 0 heterocycles. The number of hydrogen-bond donors (Lipinski definition) is 1. The van der Waals surface area contributed by atoms with Crippen molar-refractivity contribution in [3.63, 3.8) is 0 Å². The summed E-state index contributed by atoms with van der Waals surface area (Å²) in [5.41, 5.74) is 0. The lowest BCUT2D eigenvalue weighted by Crippen LogP contribution is -2.37. The fourth-order valence-electron chi connectivity index (χ4n) is 5.19. The van der Waals surface area contributed by atoms with Gasteiger partial charge in [-0.2, -0.15) is 0 Å². The quantitative estimate of drug-likeness (QED) is 0.0163. The number of likely N-dealkylation sites (N-methyl/N-ethyl adjacent to an activating group) is 1. The number of aliphatic hydroxyl groups is 1. The largest absolute Gasteiger partial charge is 0.756 e. The Morgan fingerprint density at radius 3 is 1.95 bits per heavy atom. The Morgan fingerprint density at radius 2 is 1.24 bits per heavy atom. The molecule has 0 aromatic heterocycles. The van der Waals surface area contributed by atoms with Gasteiger partial charge >= 0.3 is 11.9 Å². The van der Waals surface area contributed by atoms with Crippen LogP contribution in [0.2, 0.25) is 0 Å². The maximum absolute atomic E-state index is 12.6. The third-order valence-corrected chi connectivity index (χ3v) is 9.55. The number of aliphatic hydroxyl groups excluding tert-OH is 1. The number of nitrogens with zero attached hydrogens (tertiary/aromatic N) is 1. The number of esters is 2. The molecule has 0 aliphatic rings. The predicted octanol–water partition coefficient (Wildman–Crippen LogP) is 10.0. The Hall–Kier alpha value is -2.33. The van der Waals surface area contributed by atoms with E-state index < -0.39 is 38.6 Å². The molecule has 3 atom stereocenters. The van der Waals surface area contributed by atoms with Crippen LogP contribution in [-0.2, 0) is 32.7 Å². The summed E-state index contributed by atoms with van der Waals surface area (Å²) in [7, 11) is 1.08. The van der Waals surface area contributed by atoms with E-state index in [1.165, 1.54) is 44.9 Å². The van der Waals surface area contributed by atoms with Crippen LogP contribution in [-0.4, -0.2) is 81.2 Å². The minimum absolute atomic E-state index is 0.0563. The molecule has 0 amide bonds. The van der Waals surface area contributed by atoms with Crippen molar-refractivity contribution in [3.8, 4) is 0 Å². The smallest absolute Gasteiger partial charge is 0.306 e. The standard InChI is InChI=1S/C44H78NO9P/c1-6-8-10-12-14-15-16-17-18-19-23-27-31-35-43(47)51-39-42(40-53-55(49,50)52-38-37-45(3,4)5)54-44(48)36-32-28-24-20-22-26-30-34-41(46)33-29-25-21-13-11-9-7-2/h15-16,20-21,24-26,29-30,33,41-42,46H,6-14,17-19,22-23,27-28,31-32,34-40H2,1-5H3/b16-15-,24-20+,25-21-,30-26-,33-29-/t41-,42+/m0/s1. The molecule has 0 aromatic rings. The van der Waals surface area contributed by atoms with Crippen molar-refractivity contribution in [1.29, 1.82) is 0 Å². The Kier molecular flexibility index (Phi) is 34.5. The van der Waals surface area contributed by atoms with Gasteiger partial charge < -0.3 is 33.0 Å². The SMILES string of the molecule is CCCCC/C=C\C=C/[C@H](O)C/C=C\C/C=C/CCCC(=O)O[C@H](COC(=O)CCCCCCC/C=C\CCCCCC)COP(=O)([O-])OCC[N+](C)(C)C. The third-order valence-electron chi connectivity index (χ3n) is 8.59. The monoisotopic (exact) mass is 796 g/mol. The summed E-state index contributed by atoms with van der Waals surface area (Å²) in [6.07, 6.45) is 38.5. The summed E-state index contributed by atoms with van der Waals surface area (Å²) in [4.78, 5) is 37.4. The zero-order chi connectivity index (χ0) is 40.9. The van der Waals surface area contributed by atoms with Crippen molar-refractivity contribution >= 4 is 19.8 Å². The van der Waals surface area contributed by atoms with Crippen molar-refractivity contribution in [2.24, 2.45) is 0 Å². The van der Waals surface area contributed by atoms with E-state index in [0.717, 1.165) is 44.9 Å². The zero-order valence-corrected chi connectivity index (χ0v) is 36.1. The Bertz CT molecular complexity index is 1140. The van der Waals surface area contributed by atoms with Crippen molar-refractivity contribution in [1.82, 2.24) is 0 Å². The number of ether oxygens (including phenoxy) is 2. The molecule has 0 aromatic carbocycles. The van der Waals surface area contributed by atoms with Crippen molar-refractivity contribution < 1.29 is 47.2 Å². The van der Waals surface area contributed by atoms with Gasteiger partial charge in [-0.05, 0) is 70.6 Å². The summed E-state index contributed by atoms with van der Waals surface area (Å²) in [5, 5.41) is 10.1. The minimum atomic E-state index is -4.66. The number of phosphoric ester groups is 1. The topological polar surface area (TPSA) is 131 Å². The highest BCUT2D eigenvalue weighted by Crippen LogP contribution is 2.38. The molecule has 0 spiro atoms. The lowest BCUT2D eigenvalue weighted by Gasteiger charge is -2.28. The summed E-state index contributed by atoms with van der Waals surface area (Å²) >= 11 is 0. The molecule has 0 fully saturated rings. The second-order valence-corrected chi connectivity index (χ2v) is 16.6. The predicted molar refractivity (Wildman–Crippen MR) is 223 cm³/mol. The molecule has 1 unspecified atom stereocenters. The number of rotatable bonds is 37. The molecule has 0 saturated carbocycles. The molecular weight excluding hydrogens is 717 g/mol. The van der Waals surface area contributed by atoms with Crippen LogP contribution in [0.1, 0.15) is 149 Å². The minimum Gasteiger partial charge on any atom is -0.756 e. The van der Waals surface area contributed by atoms with Gasteiger partial charge in [0.05, 0.1) is 33.9 Å². The molecule has 0 rings (SSSR count). The Balaban J connectivity index is 4.58. The van der Waals surface area contributed by atoms with E-state index in [4.69, 9.17) is 18.5 Å². The molecule has 0 aliphatic carbocycles. The van der Waals surface area contributed by atoms with Crippen LogP contribution in [0.3, 0.4) is 0 Å². The lowest BCUT2D eigenvalue weighted by molar-refractivity contribution is -0.870. The van der Waals surface area contributed by atoms with E-state index in [2.05, 4.69) is 32.1 Å². The van der Waals surface area contributed by atoms with Crippen LogP contribution in [0.5, 0.6) is 0 Å². The fourth-order valence-corrected chi connectivity index (χ4v) is 5.92. The number of unbranched alkanes of at least 4 members (excludes halogenated alkanes) is 13. The van der Waals surface area contributed by atoms with Gasteiger partial charge in [-0.25, -0.2) is 0 Å². The molecule has 0 saturated heterocycles. The second-order valence-electron chi connectivity index (χ2n) is 15.2. The van der Waals surface area contributed by atoms with Crippen molar-refractivity contribution in [2.75, 3.05) is 47.5 Å². The van der Waals surface area contributed by atoms with Crippen LogP contribution in [0.4, 0.5) is 0 Å². The summed E-state index contributed by atoms with van der Waals surface area (Å²) in [6, 6.07) is 0. The van der Waals surface area contributed by atoms with E-state index in [-0.39, 0.29) is 26.1 Å². The number of phosphoric acid groups is 1. The summed E-state index contributed by atoms with van der Waals surface area (Å²) in [6.45, 7) is 3.99. The maximum Gasteiger partial charge on any atom is 0.306 e. The first-order chi connectivity index (χ1) is 26.4. The molecule has 10 nitrogen and oxygen atoms in total. The molecule has 0 radical (unpaired) electrons. The molecule has 11 heteroatoms. The molecule has 55 heavy (non-hydrogen) atoms. The van der Waals surface area contributed by atoms with E-state index in [1.54, 1.807) is 6.08 Å². The highest BCUT2D eigenvalue weighted by molar-refractivity contribution is 7.45. The zero-order valence-electron chi connectivity index (χ0n) is 35.2. The third kappa shape index (κ3) is 39.7. The summed E-state index contributed by atoms with van der Waals surface area (Å²) in [5.74, 6) is -0.958. The molecule has 0 bridgehead atoms. The second kappa shape index (κ2) is 36.0. The number of quaternary nitrogens is 1. The van der Waals surface area contributed by atoms with Crippen molar-refractivity contribution in [3.05, 3.63) is 60.8 Å². The van der Waals surface area contributed by atoms with Gasteiger partial charge in [-0.15, -0.1) is 0 Å². The number of hydrogen-bond acceptors (Lipinski definition) is 9. The first-order valence-corrected chi connectivity index (χ1v) is 22.6. The summed E-state index contributed by atoms with van der Waals surface area (Å²) < 4.78 is 33.7. The molecule has 1 N–H and O–H groups in total. The Labute approximate surface area is 335 Å². The Morgan fingerprint density at radius 1 is 0.673 bits per heavy atom. The average Bonchev–Trinajstić information content (AvgIpc) is 3.13. The van der Waals surface area contributed by atoms with Gasteiger partial charge in [0.1, 0.15) is 19.8 Å². The van der Waals surface area contributed by atoms with Crippen LogP contribution in [0.25, 0.3) is 0 Å². The molecule has 0 aliphatic heterocycles. The van der Waals surface area contributed by atoms with Gasteiger partial charge in [-0.3, -0.25) is 14.2 Å². The number of allylic oxidation sites excluding steroid dienone is 8. The van der Waals surface area contributed by atoms with Gasteiger partial charge in [0.25, 0.3) is 7.82 Å². The van der Waals surface area contributed by atoms with E-state index in [1.807, 2.05) is 57.6 Å². The van der Waals surface area contributed by atoms with E-state index in [0.29, 0.717) is 43.1 Å². The maximum atomic E-state index is 12.6. The van der Waals surface area contributed by atoms with Crippen LogP contribution in [0, 0.1) is 0 Å². The number of carbonyl (C=O) groups excluding carboxylic acids is 2. The van der Waals surface area contributed by atoms with E-state index >= 15 is 0 Å². The average molecular weight is 796 g/mol. The normalized spacial score (nSPS) is 14.8. The highest BCUT2D eigenvalue weighted by atomic mass is 31.2. The number of carbonyl (C=O) groups is 2. The van der Waals surface area contributed by atoms with Crippen molar-refractivity contribution in [2.45, 2.75) is 161 Å². The van der Waals surface area contributed by atoms with Gasteiger partial charge in [0.15, 0.2) is 6.10 Å². The fraction of sp³-hybridized carbons (Fsp3) is 0.727. The van der Waals surface area contributed by atoms with E-state index in [9.17, 15) is 24.2 Å². The lowest BCUT2D eigenvalue weighted by atomic mass is 10.1. The van der Waals surface area contributed by atoms with Gasteiger partial charge in [0.2, 0.25) is 0 Å². The van der Waals surface area contributed by atoms with Crippen LogP contribution < -0.4 is 4.89 Å². The van der Waals surface area contributed by atoms with Crippen LogP contribution >= 0.6 is 7.82 Å². The van der Waals surface area contributed by atoms with Crippen LogP contribution in [0.15, 0.2) is 60.8 Å². The molecular formula is C44H78NO9P. The molecule has 318 valence electrons.